The number of likely N-dealkylation sites (N-methyl/N-ethyl adjacent to an activating group) is 1. The highest BCUT2D eigenvalue weighted by Crippen LogP contribution is 2.31. The van der Waals surface area contributed by atoms with Gasteiger partial charge >= 0.3 is 0 Å². The number of aromatic amines is 1. The molecule has 9 nitrogen and oxygen atoms in total. The Morgan fingerprint density at radius 3 is 2.94 bits per heavy atom. The molecule has 0 saturated carbocycles. The largest absolute Gasteiger partial charge is 0.383 e. The number of thiazole rings is 1. The molecule has 1 N–H and O–H groups in total. The van der Waals surface area contributed by atoms with Crippen LogP contribution in [0.1, 0.15) is 6.92 Å². The van der Waals surface area contributed by atoms with Crippen LogP contribution in [0.2, 0.25) is 0 Å². The molecule has 1 atom stereocenters. The van der Waals surface area contributed by atoms with E-state index in [-0.39, 0.29) is 0 Å². The van der Waals surface area contributed by atoms with Crippen LogP contribution in [-0.2, 0) is 11.3 Å². The number of H-pyrrole nitrogens is 1. The molecule has 1 aliphatic heterocycles. The summed E-state index contributed by atoms with van der Waals surface area (Å²) in [6.07, 6.45) is 3.74. The topological polar surface area (TPSA) is 88.0 Å². The summed E-state index contributed by atoms with van der Waals surface area (Å²) in [4.78, 5) is 27.2. The highest BCUT2D eigenvalue weighted by atomic mass is 32.1. The van der Waals surface area contributed by atoms with E-state index in [1.165, 1.54) is 4.70 Å². The summed E-state index contributed by atoms with van der Waals surface area (Å²) >= 11 is 1.64. The molecule has 1 fully saturated rings. The van der Waals surface area contributed by atoms with Crippen molar-refractivity contribution >= 4 is 38.4 Å². The van der Waals surface area contributed by atoms with E-state index in [0.29, 0.717) is 19.2 Å². The number of imidazole rings is 2. The number of hydrogen-bond donors (Lipinski definition) is 1. The SMILES string of the molecule is COCCn1c(-c2cnc(-c3ccc4scnc4c3)[nH]2)nc2c(N3CCN(C)C(C)C3)nccc21. The van der Waals surface area contributed by atoms with Crippen molar-refractivity contribution in [2.75, 3.05) is 45.3 Å². The smallest absolute Gasteiger partial charge is 0.159 e. The minimum atomic E-state index is 0.459. The number of fused-ring (bicyclic) bond motifs is 2. The van der Waals surface area contributed by atoms with Gasteiger partial charge in [0.1, 0.15) is 17.0 Å². The minimum Gasteiger partial charge on any atom is -0.383 e. The van der Waals surface area contributed by atoms with Crippen LogP contribution in [0, 0.1) is 0 Å². The number of piperazine rings is 1. The van der Waals surface area contributed by atoms with E-state index in [4.69, 9.17) is 14.7 Å². The minimum absolute atomic E-state index is 0.459. The number of ether oxygens (including phenoxy) is 1. The van der Waals surface area contributed by atoms with Crippen LogP contribution in [0.3, 0.4) is 0 Å². The summed E-state index contributed by atoms with van der Waals surface area (Å²) in [5.74, 6) is 2.57. The summed E-state index contributed by atoms with van der Waals surface area (Å²) in [6, 6.07) is 8.73. The molecule has 1 unspecified atom stereocenters. The summed E-state index contributed by atoms with van der Waals surface area (Å²) < 4.78 is 8.79. The van der Waals surface area contributed by atoms with Gasteiger partial charge in [0.05, 0.1) is 34.0 Å². The Bertz CT molecular complexity index is 1490. The number of aromatic nitrogens is 6. The fraction of sp³-hybridized carbons (Fsp3) is 0.360. The molecule has 1 aromatic carbocycles. The van der Waals surface area contributed by atoms with Crippen LogP contribution in [0.4, 0.5) is 5.82 Å². The average molecular weight is 489 g/mol. The standard InChI is InChI=1S/C25H28N8OS/c1-16-14-32(9-8-31(16)2)25-22-20(6-7-26-25)33(10-11-34-3)24(30-22)19-13-27-23(29-19)17-4-5-21-18(12-17)28-15-35-21/h4-7,12-13,15-16H,8-11,14H2,1-3H3,(H,27,29). The number of nitrogens with zero attached hydrogens (tertiary/aromatic N) is 7. The highest BCUT2D eigenvalue weighted by molar-refractivity contribution is 7.16. The van der Waals surface area contributed by atoms with Crippen LogP contribution in [0.5, 0.6) is 0 Å². The van der Waals surface area contributed by atoms with E-state index in [2.05, 4.69) is 61.5 Å². The molecule has 10 heteroatoms. The molecule has 0 radical (unpaired) electrons. The zero-order chi connectivity index (χ0) is 23.9. The maximum atomic E-state index is 5.42. The van der Waals surface area contributed by atoms with Gasteiger partial charge in [0.15, 0.2) is 11.6 Å². The first-order valence-electron chi connectivity index (χ1n) is 11.8. The van der Waals surface area contributed by atoms with E-state index >= 15 is 0 Å². The second kappa shape index (κ2) is 9.03. The van der Waals surface area contributed by atoms with Gasteiger partial charge < -0.3 is 24.1 Å². The Balaban J connectivity index is 1.42. The monoisotopic (exact) mass is 488 g/mol. The van der Waals surface area contributed by atoms with Crippen LogP contribution in [0.15, 0.2) is 42.2 Å². The van der Waals surface area contributed by atoms with Crippen molar-refractivity contribution < 1.29 is 4.74 Å². The third-order valence-electron chi connectivity index (χ3n) is 6.85. The first-order chi connectivity index (χ1) is 17.1. The molecular weight excluding hydrogens is 460 g/mol. The third-order valence-corrected chi connectivity index (χ3v) is 7.66. The zero-order valence-electron chi connectivity index (χ0n) is 20.1. The molecule has 1 aliphatic rings. The zero-order valence-corrected chi connectivity index (χ0v) is 20.9. The quantitative estimate of drug-likeness (QED) is 0.388. The van der Waals surface area contributed by atoms with Crippen molar-refractivity contribution in [2.24, 2.45) is 0 Å². The predicted octanol–water partition coefficient (Wildman–Crippen LogP) is 3.88. The lowest BCUT2D eigenvalue weighted by Crippen LogP contribution is -2.50. The Morgan fingerprint density at radius 2 is 2.09 bits per heavy atom. The number of hydrogen-bond acceptors (Lipinski definition) is 8. The van der Waals surface area contributed by atoms with Gasteiger partial charge in [0, 0.05) is 51.1 Å². The summed E-state index contributed by atoms with van der Waals surface area (Å²) in [5.41, 5.74) is 6.68. The molecule has 0 aliphatic carbocycles. The maximum Gasteiger partial charge on any atom is 0.159 e. The van der Waals surface area contributed by atoms with Gasteiger partial charge in [0.25, 0.3) is 0 Å². The molecular formula is C25H28N8OS. The van der Waals surface area contributed by atoms with Crippen molar-refractivity contribution in [3.63, 3.8) is 0 Å². The lowest BCUT2D eigenvalue weighted by atomic mass is 10.2. The second-order valence-electron chi connectivity index (χ2n) is 9.04. The highest BCUT2D eigenvalue weighted by Gasteiger charge is 2.25. The fourth-order valence-corrected chi connectivity index (χ4v) is 5.37. The molecule has 0 bridgehead atoms. The Labute approximate surface area is 207 Å². The number of rotatable bonds is 6. The van der Waals surface area contributed by atoms with Gasteiger partial charge in [-0.15, -0.1) is 11.3 Å². The van der Waals surface area contributed by atoms with E-state index in [1.807, 2.05) is 24.0 Å². The van der Waals surface area contributed by atoms with E-state index in [1.54, 1.807) is 18.4 Å². The van der Waals surface area contributed by atoms with Crippen molar-refractivity contribution in [3.05, 3.63) is 42.2 Å². The third kappa shape index (κ3) is 3.97. The van der Waals surface area contributed by atoms with Crippen molar-refractivity contribution in [2.45, 2.75) is 19.5 Å². The van der Waals surface area contributed by atoms with Crippen LogP contribution >= 0.6 is 11.3 Å². The fourth-order valence-electron chi connectivity index (χ4n) is 4.71. The molecule has 1 saturated heterocycles. The Hall–Kier alpha value is -3.34. The number of anilines is 1. The molecule has 35 heavy (non-hydrogen) atoms. The van der Waals surface area contributed by atoms with Gasteiger partial charge in [0.2, 0.25) is 0 Å². The normalized spacial score (nSPS) is 17.1. The summed E-state index contributed by atoms with van der Waals surface area (Å²) in [6.45, 7) is 6.39. The summed E-state index contributed by atoms with van der Waals surface area (Å²) in [5, 5.41) is 0. The average Bonchev–Trinajstić information content (AvgIpc) is 3.61. The van der Waals surface area contributed by atoms with Gasteiger partial charge in [-0.25, -0.2) is 19.9 Å². The van der Waals surface area contributed by atoms with E-state index in [9.17, 15) is 0 Å². The molecule has 6 rings (SSSR count). The number of methoxy groups -OCH3 is 1. The molecule has 0 amide bonds. The second-order valence-corrected chi connectivity index (χ2v) is 9.92. The lowest BCUT2D eigenvalue weighted by molar-refractivity contribution is 0.188. The van der Waals surface area contributed by atoms with Crippen molar-refractivity contribution in [1.82, 2.24) is 34.4 Å². The molecule has 180 valence electrons. The van der Waals surface area contributed by atoms with E-state index < -0.39 is 0 Å². The predicted molar refractivity (Wildman–Crippen MR) is 140 cm³/mol. The lowest BCUT2D eigenvalue weighted by Gasteiger charge is -2.38. The molecule has 5 aromatic rings. The first-order valence-corrected chi connectivity index (χ1v) is 12.7. The van der Waals surface area contributed by atoms with Gasteiger partial charge in [-0.3, -0.25) is 0 Å². The number of nitrogens with one attached hydrogen (secondary N) is 1. The van der Waals surface area contributed by atoms with Crippen molar-refractivity contribution in [1.29, 1.82) is 0 Å². The van der Waals surface area contributed by atoms with Gasteiger partial charge in [-0.1, -0.05) is 0 Å². The molecule has 0 spiro atoms. The van der Waals surface area contributed by atoms with Crippen LogP contribution in [0.25, 0.3) is 44.2 Å². The molecule has 5 heterocycles. The Morgan fingerprint density at radius 1 is 1.17 bits per heavy atom. The Kier molecular flexibility index (Phi) is 5.71. The van der Waals surface area contributed by atoms with Gasteiger partial charge in [-0.2, -0.15) is 0 Å². The van der Waals surface area contributed by atoms with Gasteiger partial charge in [-0.05, 0) is 38.2 Å². The first kappa shape index (κ1) is 22.1. The summed E-state index contributed by atoms with van der Waals surface area (Å²) in [7, 11) is 3.90. The number of benzene rings is 1. The van der Waals surface area contributed by atoms with E-state index in [0.717, 1.165) is 64.9 Å². The van der Waals surface area contributed by atoms with Crippen molar-refractivity contribution in [3.8, 4) is 22.9 Å². The maximum absolute atomic E-state index is 5.42. The van der Waals surface area contributed by atoms with Crippen LogP contribution in [-0.4, -0.2) is 80.8 Å². The van der Waals surface area contributed by atoms with Crippen LogP contribution < -0.4 is 4.90 Å². The molecule has 4 aromatic heterocycles. The number of pyridine rings is 1.